The van der Waals surface area contributed by atoms with Crippen LogP contribution in [-0.2, 0) is 4.79 Å². The molecule has 23 heavy (non-hydrogen) atoms. The first-order valence-electron chi connectivity index (χ1n) is 7.31. The fourth-order valence-corrected chi connectivity index (χ4v) is 2.64. The Bertz CT molecular complexity index is 746. The summed E-state index contributed by atoms with van der Waals surface area (Å²) in [7, 11) is 0. The highest BCUT2D eigenvalue weighted by molar-refractivity contribution is 6.30. The first-order valence-corrected chi connectivity index (χ1v) is 7.69. The molecule has 0 radical (unpaired) electrons. The minimum Gasteiger partial charge on any atom is -0.426 e. The lowest BCUT2D eigenvalue weighted by Gasteiger charge is -2.17. The van der Waals surface area contributed by atoms with E-state index in [-0.39, 0.29) is 5.97 Å². The Kier molecular flexibility index (Phi) is 4.74. The molecule has 3 heteroatoms. The minimum absolute atomic E-state index is 0.329. The maximum Gasteiger partial charge on any atom is 0.323 e. The molecule has 0 amide bonds. The Hall–Kier alpha value is -2.58. The Morgan fingerprint density at radius 1 is 0.783 bits per heavy atom. The van der Waals surface area contributed by atoms with Gasteiger partial charge in [0.1, 0.15) is 11.7 Å². The highest BCUT2D eigenvalue weighted by atomic mass is 35.5. The molecule has 0 bridgehead atoms. The maximum atomic E-state index is 12.8. The third-order valence-electron chi connectivity index (χ3n) is 3.52. The van der Waals surface area contributed by atoms with Crippen molar-refractivity contribution in [3.8, 4) is 5.75 Å². The van der Waals surface area contributed by atoms with Gasteiger partial charge in [-0.05, 0) is 29.3 Å². The first-order chi connectivity index (χ1) is 11.2. The predicted molar refractivity (Wildman–Crippen MR) is 91.8 cm³/mol. The highest BCUT2D eigenvalue weighted by Gasteiger charge is 2.24. The Morgan fingerprint density at radius 3 is 1.87 bits per heavy atom. The van der Waals surface area contributed by atoms with Gasteiger partial charge in [0, 0.05) is 5.02 Å². The van der Waals surface area contributed by atoms with Gasteiger partial charge < -0.3 is 4.74 Å². The topological polar surface area (TPSA) is 26.3 Å². The van der Waals surface area contributed by atoms with Crippen LogP contribution < -0.4 is 4.74 Å². The largest absolute Gasteiger partial charge is 0.426 e. The molecule has 3 aromatic carbocycles. The van der Waals surface area contributed by atoms with Crippen molar-refractivity contribution in [3.05, 3.63) is 101 Å². The van der Waals surface area contributed by atoms with Crippen molar-refractivity contribution in [3.63, 3.8) is 0 Å². The SMILES string of the molecule is O=C(Oc1cccc(Cl)c1)C(c1ccccc1)c1ccccc1. The molecule has 0 saturated heterocycles. The van der Waals surface area contributed by atoms with E-state index in [9.17, 15) is 4.79 Å². The predicted octanol–water partition coefficient (Wildman–Crippen LogP) is 5.08. The van der Waals surface area contributed by atoms with Crippen LogP contribution in [0.4, 0.5) is 0 Å². The average Bonchev–Trinajstić information content (AvgIpc) is 2.57. The number of hydrogen-bond acceptors (Lipinski definition) is 2. The van der Waals surface area contributed by atoms with E-state index in [1.54, 1.807) is 24.3 Å². The molecular weight excluding hydrogens is 308 g/mol. The van der Waals surface area contributed by atoms with Gasteiger partial charge in [-0.2, -0.15) is 0 Å². The normalized spacial score (nSPS) is 10.5. The molecule has 0 aliphatic carbocycles. The summed E-state index contributed by atoms with van der Waals surface area (Å²) < 4.78 is 5.54. The molecule has 0 saturated carbocycles. The fourth-order valence-electron chi connectivity index (χ4n) is 2.46. The van der Waals surface area contributed by atoms with Gasteiger partial charge in [-0.3, -0.25) is 4.79 Å². The zero-order valence-corrected chi connectivity index (χ0v) is 13.1. The fraction of sp³-hybridized carbons (Fsp3) is 0.0500. The van der Waals surface area contributed by atoms with E-state index in [0.717, 1.165) is 11.1 Å². The quantitative estimate of drug-likeness (QED) is 0.494. The lowest BCUT2D eigenvalue weighted by molar-refractivity contribution is -0.135. The molecule has 3 rings (SSSR count). The highest BCUT2D eigenvalue weighted by Crippen LogP contribution is 2.27. The molecule has 0 aliphatic heterocycles. The van der Waals surface area contributed by atoms with E-state index in [1.807, 2.05) is 60.7 Å². The summed E-state index contributed by atoms with van der Waals surface area (Å²) in [6.45, 7) is 0. The summed E-state index contributed by atoms with van der Waals surface area (Å²) in [5.74, 6) is -0.361. The number of rotatable bonds is 4. The van der Waals surface area contributed by atoms with Crippen LogP contribution in [-0.4, -0.2) is 5.97 Å². The second-order valence-electron chi connectivity index (χ2n) is 5.13. The lowest BCUT2D eigenvalue weighted by atomic mass is 9.91. The molecule has 0 atom stereocenters. The zero-order chi connectivity index (χ0) is 16.1. The van der Waals surface area contributed by atoms with Crippen LogP contribution in [0.25, 0.3) is 0 Å². The molecule has 0 aliphatic rings. The number of benzene rings is 3. The van der Waals surface area contributed by atoms with E-state index >= 15 is 0 Å². The molecular formula is C20H15ClO2. The van der Waals surface area contributed by atoms with E-state index in [0.29, 0.717) is 10.8 Å². The van der Waals surface area contributed by atoms with Crippen molar-refractivity contribution in [2.75, 3.05) is 0 Å². The number of hydrogen-bond donors (Lipinski definition) is 0. The van der Waals surface area contributed by atoms with Crippen molar-refractivity contribution < 1.29 is 9.53 Å². The maximum absolute atomic E-state index is 12.8. The summed E-state index contributed by atoms with van der Waals surface area (Å²) in [6.07, 6.45) is 0. The monoisotopic (exact) mass is 322 g/mol. The standard InChI is InChI=1S/C20H15ClO2/c21-17-12-7-13-18(14-17)23-20(22)19(15-8-3-1-4-9-15)16-10-5-2-6-11-16/h1-14,19H. The van der Waals surface area contributed by atoms with Gasteiger partial charge in [0.15, 0.2) is 0 Å². The average molecular weight is 323 g/mol. The molecule has 114 valence electrons. The molecule has 0 fully saturated rings. The van der Waals surface area contributed by atoms with Crippen molar-refractivity contribution in [1.29, 1.82) is 0 Å². The minimum atomic E-state index is -0.476. The molecule has 0 unspecified atom stereocenters. The van der Waals surface area contributed by atoms with Gasteiger partial charge in [0.2, 0.25) is 0 Å². The molecule has 0 heterocycles. The summed E-state index contributed by atoms with van der Waals surface area (Å²) in [4.78, 5) is 12.8. The van der Waals surface area contributed by atoms with Crippen LogP contribution in [0.2, 0.25) is 5.02 Å². The van der Waals surface area contributed by atoms with Gasteiger partial charge in [-0.1, -0.05) is 78.3 Å². The smallest absolute Gasteiger partial charge is 0.323 e. The van der Waals surface area contributed by atoms with Crippen LogP contribution in [0.5, 0.6) is 5.75 Å². The van der Waals surface area contributed by atoms with Crippen LogP contribution in [0, 0.1) is 0 Å². The van der Waals surface area contributed by atoms with Gasteiger partial charge >= 0.3 is 5.97 Å². The summed E-state index contributed by atoms with van der Waals surface area (Å²) in [5, 5.41) is 0.534. The second-order valence-corrected chi connectivity index (χ2v) is 5.57. The number of carbonyl (C=O) groups is 1. The number of esters is 1. The molecule has 0 aromatic heterocycles. The number of ether oxygens (including phenoxy) is 1. The third-order valence-corrected chi connectivity index (χ3v) is 3.75. The van der Waals surface area contributed by atoms with Crippen LogP contribution >= 0.6 is 11.6 Å². The van der Waals surface area contributed by atoms with E-state index in [2.05, 4.69) is 0 Å². The van der Waals surface area contributed by atoms with Crippen molar-refractivity contribution in [1.82, 2.24) is 0 Å². The van der Waals surface area contributed by atoms with Gasteiger partial charge in [-0.15, -0.1) is 0 Å². The van der Waals surface area contributed by atoms with Gasteiger partial charge in [0.05, 0.1) is 0 Å². The Balaban J connectivity index is 1.94. The third kappa shape index (κ3) is 3.79. The van der Waals surface area contributed by atoms with Crippen LogP contribution in [0.15, 0.2) is 84.9 Å². The molecule has 2 nitrogen and oxygen atoms in total. The molecule has 3 aromatic rings. The van der Waals surface area contributed by atoms with E-state index in [1.165, 1.54) is 0 Å². The molecule has 0 spiro atoms. The summed E-state index contributed by atoms with van der Waals surface area (Å²) in [5.41, 5.74) is 1.79. The Labute approximate surface area is 140 Å². The van der Waals surface area contributed by atoms with Crippen molar-refractivity contribution in [2.45, 2.75) is 5.92 Å². The summed E-state index contributed by atoms with van der Waals surface area (Å²) >= 11 is 5.95. The zero-order valence-electron chi connectivity index (χ0n) is 12.4. The van der Waals surface area contributed by atoms with Crippen molar-refractivity contribution in [2.24, 2.45) is 0 Å². The molecule has 0 N–H and O–H groups in total. The first kappa shape index (κ1) is 15.3. The van der Waals surface area contributed by atoms with Crippen LogP contribution in [0.3, 0.4) is 0 Å². The number of halogens is 1. The van der Waals surface area contributed by atoms with Gasteiger partial charge in [0.25, 0.3) is 0 Å². The summed E-state index contributed by atoms with van der Waals surface area (Å²) in [6, 6.07) is 26.1. The lowest BCUT2D eigenvalue weighted by Crippen LogP contribution is -2.20. The van der Waals surface area contributed by atoms with Crippen molar-refractivity contribution >= 4 is 17.6 Å². The second kappa shape index (κ2) is 7.12. The Morgan fingerprint density at radius 2 is 1.35 bits per heavy atom. The van der Waals surface area contributed by atoms with E-state index < -0.39 is 5.92 Å². The van der Waals surface area contributed by atoms with E-state index in [4.69, 9.17) is 16.3 Å². The van der Waals surface area contributed by atoms with Crippen LogP contribution in [0.1, 0.15) is 17.0 Å². The number of carbonyl (C=O) groups excluding carboxylic acids is 1. The van der Waals surface area contributed by atoms with Gasteiger partial charge in [-0.25, -0.2) is 0 Å².